The zero-order valence-corrected chi connectivity index (χ0v) is 27.5. The van der Waals surface area contributed by atoms with E-state index in [1.165, 1.54) is 22.4 Å². The second-order valence-corrected chi connectivity index (χ2v) is 13.9. The van der Waals surface area contributed by atoms with Crippen LogP contribution in [0.5, 0.6) is 0 Å². The van der Waals surface area contributed by atoms with Gasteiger partial charge in [-0.15, -0.1) is 0 Å². The van der Waals surface area contributed by atoms with Gasteiger partial charge in [0.15, 0.2) is 0 Å². The van der Waals surface area contributed by atoms with Crippen LogP contribution in [0, 0.1) is 0 Å². The van der Waals surface area contributed by atoms with Crippen LogP contribution in [-0.4, -0.2) is 87.7 Å². The molecule has 0 bridgehead atoms. The standard InChI is InChI=1S/C37H45N7O3/c1-25(2)30-20-38-34(39-21-30)24-42-15-17-43(18-16-42)31-6-3-26(4-7-31)22-41-13-11-27(12-14-41)28-5-8-32-29(19-28)23-44(37(32)47)33-9-10-35(45)40-36(33)46/h3-8,19-21,25,27,33H,9-18,22-24H2,1-2H3,(H,40,45,46). The molecule has 5 heterocycles. The molecule has 4 aliphatic heterocycles. The SMILES string of the molecule is CC(C)c1cnc(CN2CCN(c3ccc(CN4CCC(c5ccc6c(c5)CN(C5CCC(=O)NC5=O)C6=O)CC4)cc3)CC2)nc1. The van der Waals surface area contributed by atoms with Crippen LogP contribution in [0.3, 0.4) is 0 Å². The molecule has 10 nitrogen and oxygen atoms in total. The number of rotatable bonds is 8. The summed E-state index contributed by atoms with van der Waals surface area (Å²) in [6.07, 6.45) is 6.75. The number of carbonyl (C=O) groups excluding carboxylic acids is 3. The Morgan fingerprint density at radius 2 is 1.53 bits per heavy atom. The number of hydrogen-bond acceptors (Lipinski definition) is 8. The van der Waals surface area contributed by atoms with Crippen molar-refractivity contribution in [3.63, 3.8) is 0 Å². The summed E-state index contributed by atoms with van der Waals surface area (Å²) >= 11 is 0. The van der Waals surface area contributed by atoms with E-state index in [0.29, 0.717) is 30.4 Å². The first-order chi connectivity index (χ1) is 22.8. The summed E-state index contributed by atoms with van der Waals surface area (Å²) < 4.78 is 0. The van der Waals surface area contributed by atoms with Crippen molar-refractivity contribution in [3.8, 4) is 0 Å². The van der Waals surface area contributed by atoms with E-state index >= 15 is 0 Å². The van der Waals surface area contributed by atoms with Crippen molar-refractivity contribution in [2.75, 3.05) is 44.2 Å². The highest BCUT2D eigenvalue weighted by Crippen LogP contribution is 2.34. The zero-order chi connectivity index (χ0) is 32.5. The van der Waals surface area contributed by atoms with Gasteiger partial charge in [-0.1, -0.05) is 38.1 Å². The molecule has 4 aliphatic rings. The fourth-order valence-corrected chi connectivity index (χ4v) is 7.45. The number of anilines is 1. The normalized spacial score (nSPS) is 21.4. The van der Waals surface area contributed by atoms with E-state index < -0.39 is 6.04 Å². The largest absolute Gasteiger partial charge is 0.369 e. The summed E-state index contributed by atoms with van der Waals surface area (Å²) in [5.41, 5.74) is 6.77. The maximum Gasteiger partial charge on any atom is 0.255 e. The van der Waals surface area contributed by atoms with Crippen LogP contribution in [0.4, 0.5) is 5.69 Å². The average Bonchev–Trinajstić information content (AvgIpc) is 3.41. The predicted molar refractivity (Wildman–Crippen MR) is 180 cm³/mol. The van der Waals surface area contributed by atoms with Crippen LogP contribution < -0.4 is 10.2 Å². The number of imide groups is 1. The highest BCUT2D eigenvalue weighted by molar-refractivity contribution is 6.05. The van der Waals surface area contributed by atoms with Crippen LogP contribution in [0.2, 0.25) is 0 Å². The third kappa shape index (κ3) is 6.94. The Morgan fingerprint density at radius 1 is 0.830 bits per heavy atom. The van der Waals surface area contributed by atoms with E-state index in [1.54, 1.807) is 4.90 Å². The van der Waals surface area contributed by atoms with Crippen molar-refractivity contribution >= 4 is 23.4 Å². The molecule has 3 aromatic rings. The summed E-state index contributed by atoms with van der Waals surface area (Å²) in [4.78, 5) is 55.3. The molecular weight excluding hydrogens is 590 g/mol. The maximum atomic E-state index is 13.1. The van der Waals surface area contributed by atoms with E-state index in [0.717, 1.165) is 76.6 Å². The van der Waals surface area contributed by atoms with Gasteiger partial charge >= 0.3 is 0 Å². The molecule has 246 valence electrons. The number of benzene rings is 2. The lowest BCUT2D eigenvalue weighted by molar-refractivity contribution is -0.136. The minimum atomic E-state index is -0.572. The molecule has 3 fully saturated rings. The van der Waals surface area contributed by atoms with Crippen LogP contribution in [0.25, 0.3) is 0 Å². The average molecular weight is 636 g/mol. The van der Waals surface area contributed by atoms with Gasteiger partial charge in [-0.05, 0) is 84.6 Å². The second kappa shape index (κ2) is 13.5. The summed E-state index contributed by atoms with van der Waals surface area (Å²) in [5.74, 6) is 1.08. The number of piperazine rings is 1. The number of nitrogens with one attached hydrogen (secondary N) is 1. The van der Waals surface area contributed by atoms with Gasteiger partial charge in [0.05, 0.1) is 6.54 Å². The number of likely N-dealkylation sites (tertiary alicyclic amines) is 1. The summed E-state index contributed by atoms with van der Waals surface area (Å²) in [7, 11) is 0. The highest BCUT2D eigenvalue weighted by Gasteiger charge is 2.39. The molecule has 0 saturated carbocycles. The molecule has 2 aromatic carbocycles. The van der Waals surface area contributed by atoms with Crippen LogP contribution in [0.1, 0.15) is 89.8 Å². The fraction of sp³-hybridized carbons (Fsp3) is 0.486. The fourth-order valence-electron chi connectivity index (χ4n) is 7.45. The molecule has 1 unspecified atom stereocenters. The molecule has 3 amide bonds. The van der Waals surface area contributed by atoms with Gasteiger partial charge in [0.1, 0.15) is 11.9 Å². The minimum absolute atomic E-state index is 0.109. The second-order valence-electron chi connectivity index (χ2n) is 13.9. The number of fused-ring (bicyclic) bond motifs is 1. The van der Waals surface area contributed by atoms with Crippen molar-refractivity contribution in [1.29, 1.82) is 0 Å². The Bertz CT molecular complexity index is 1610. The third-order valence-corrected chi connectivity index (χ3v) is 10.4. The molecular formula is C37H45N7O3. The number of amides is 3. The van der Waals surface area contributed by atoms with Gasteiger partial charge in [0.2, 0.25) is 11.8 Å². The minimum Gasteiger partial charge on any atom is -0.369 e. The number of nitrogens with zero attached hydrogens (tertiary/aromatic N) is 6. The van der Waals surface area contributed by atoms with Crippen molar-refractivity contribution < 1.29 is 14.4 Å². The Labute approximate surface area is 277 Å². The van der Waals surface area contributed by atoms with Gasteiger partial charge in [0, 0.05) is 69.3 Å². The Morgan fingerprint density at radius 3 is 2.21 bits per heavy atom. The van der Waals surface area contributed by atoms with E-state index in [1.807, 2.05) is 18.5 Å². The molecule has 1 atom stereocenters. The number of carbonyl (C=O) groups is 3. The zero-order valence-electron chi connectivity index (χ0n) is 27.5. The first-order valence-electron chi connectivity index (χ1n) is 17.2. The molecule has 1 aromatic heterocycles. The van der Waals surface area contributed by atoms with Crippen molar-refractivity contribution in [3.05, 3.63) is 88.5 Å². The lowest BCUT2D eigenvalue weighted by atomic mass is 9.87. The van der Waals surface area contributed by atoms with Crippen LogP contribution in [0.15, 0.2) is 54.9 Å². The molecule has 10 heteroatoms. The lowest BCUT2D eigenvalue weighted by Crippen LogP contribution is -2.52. The predicted octanol–water partition coefficient (Wildman–Crippen LogP) is 4.06. The van der Waals surface area contributed by atoms with Crippen molar-refractivity contribution in [1.82, 2.24) is 30.0 Å². The topological polar surface area (TPSA) is 102 Å². The van der Waals surface area contributed by atoms with Crippen molar-refractivity contribution in [2.45, 2.75) is 77.0 Å². The third-order valence-electron chi connectivity index (χ3n) is 10.4. The van der Waals surface area contributed by atoms with Gasteiger partial charge in [-0.3, -0.25) is 29.5 Å². The molecule has 3 saturated heterocycles. The first-order valence-corrected chi connectivity index (χ1v) is 17.2. The Kier molecular flexibility index (Phi) is 9.05. The van der Waals surface area contributed by atoms with Gasteiger partial charge in [-0.25, -0.2) is 9.97 Å². The summed E-state index contributed by atoms with van der Waals surface area (Å²) in [5, 5.41) is 2.38. The van der Waals surface area contributed by atoms with Gasteiger partial charge in [-0.2, -0.15) is 0 Å². The van der Waals surface area contributed by atoms with E-state index in [9.17, 15) is 14.4 Å². The Balaban J connectivity index is 0.870. The van der Waals surface area contributed by atoms with Crippen LogP contribution in [-0.2, 0) is 29.2 Å². The van der Waals surface area contributed by atoms with E-state index in [4.69, 9.17) is 0 Å². The molecule has 7 rings (SSSR count). The Hall–Kier alpha value is -4.15. The lowest BCUT2D eigenvalue weighted by Gasteiger charge is -2.36. The first kappa shape index (κ1) is 31.4. The maximum absolute atomic E-state index is 13.1. The van der Waals surface area contributed by atoms with E-state index in [2.05, 4.69) is 80.2 Å². The monoisotopic (exact) mass is 635 g/mol. The van der Waals surface area contributed by atoms with E-state index in [-0.39, 0.29) is 24.1 Å². The summed E-state index contributed by atoms with van der Waals surface area (Å²) in [6.45, 7) is 12.6. The quantitative estimate of drug-likeness (QED) is 0.370. The number of piperidine rings is 2. The number of hydrogen-bond donors (Lipinski definition) is 1. The van der Waals surface area contributed by atoms with Crippen molar-refractivity contribution in [2.24, 2.45) is 0 Å². The molecule has 1 N–H and O–H groups in total. The molecule has 0 spiro atoms. The van der Waals surface area contributed by atoms with Gasteiger partial charge in [0.25, 0.3) is 5.91 Å². The smallest absolute Gasteiger partial charge is 0.255 e. The van der Waals surface area contributed by atoms with Crippen LogP contribution >= 0.6 is 0 Å². The number of aromatic nitrogens is 2. The summed E-state index contributed by atoms with van der Waals surface area (Å²) in [6, 6.07) is 14.7. The van der Waals surface area contributed by atoms with Gasteiger partial charge < -0.3 is 9.80 Å². The molecule has 47 heavy (non-hydrogen) atoms. The molecule has 0 radical (unpaired) electrons. The highest BCUT2D eigenvalue weighted by atomic mass is 16.2. The molecule has 0 aliphatic carbocycles.